The first-order valence-corrected chi connectivity index (χ1v) is 5.39. The minimum absolute atomic E-state index is 0.0639. The highest BCUT2D eigenvalue weighted by Crippen LogP contribution is 2.33. The second-order valence-corrected chi connectivity index (χ2v) is 4.74. The molecule has 0 aliphatic carbocycles. The van der Waals surface area contributed by atoms with Gasteiger partial charge in [0.15, 0.2) is 0 Å². The van der Waals surface area contributed by atoms with E-state index in [0.29, 0.717) is 12.3 Å². The molecule has 1 aromatic rings. The number of halogens is 3. The van der Waals surface area contributed by atoms with Crippen molar-refractivity contribution >= 4 is 11.4 Å². The van der Waals surface area contributed by atoms with E-state index in [1.807, 2.05) is 13.8 Å². The molecule has 0 spiro atoms. The Bertz CT molecular complexity index is 416. The molecule has 0 heterocycles. The highest BCUT2D eigenvalue weighted by Gasteiger charge is 2.31. The van der Waals surface area contributed by atoms with Gasteiger partial charge in [0.1, 0.15) is 0 Å². The number of anilines is 2. The quantitative estimate of drug-likeness (QED) is 0.819. The van der Waals surface area contributed by atoms with E-state index in [1.165, 1.54) is 6.07 Å². The SMILES string of the molecule is COCC(C)(C)Nc1ccc(C(F)(F)F)cc1N. The van der Waals surface area contributed by atoms with Crippen LogP contribution in [0.2, 0.25) is 0 Å². The summed E-state index contributed by atoms with van der Waals surface area (Å²) in [5.41, 5.74) is 4.98. The van der Waals surface area contributed by atoms with Gasteiger partial charge in [-0.25, -0.2) is 0 Å². The topological polar surface area (TPSA) is 47.3 Å². The van der Waals surface area contributed by atoms with Crippen molar-refractivity contribution in [1.29, 1.82) is 0 Å². The first-order chi connectivity index (χ1) is 8.15. The van der Waals surface area contributed by atoms with Crippen LogP contribution in [-0.4, -0.2) is 19.3 Å². The van der Waals surface area contributed by atoms with Crippen molar-refractivity contribution in [2.75, 3.05) is 24.8 Å². The van der Waals surface area contributed by atoms with Crippen LogP contribution in [-0.2, 0) is 10.9 Å². The lowest BCUT2D eigenvalue weighted by molar-refractivity contribution is -0.137. The van der Waals surface area contributed by atoms with Crippen molar-refractivity contribution < 1.29 is 17.9 Å². The van der Waals surface area contributed by atoms with Gasteiger partial charge < -0.3 is 15.8 Å². The summed E-state index contributed by atoms with van der Waals surface area (Å²) in [7, 11) is 1.56. The number of nitrogens with one attached hydrogen (secondary N) is 1. The molecule has 0 amide bonds. The number of nitrogen functional groups attached to an aromatic ring is 1. The molecule has 6 heteroatoms. The van der Waals surface area contributed by atoms with E-state index in [9.17, 15) is 13.2 Å². The fourth-order valence-electron chi connectivity index (χ4n) is 1.61. The minimum Gasteiger partial charge on any atom is -0.397 e. The standard InChI is InChI=1S/C12H17F3N2O/c1-11(2,7-18-3)17-10-5-4-8(6-9(10)16)12(13,14)15/h4-6,17H,7,16H2,1-3H3. The normalized spacial score (nSPS) is 12.6. The van der Waals surface area contributed by atoms with E-state index in [4.69, 9.17) is 10.5 Å². The van der Waals surface area contributed by atoms with Crippen molar-refractivity contribution in [1.82, 2.24) is 0 Å². The zero-order valence-corrected chi connectivity index (χ0v) is 10.6. The molecule has 0 aliphatic rings. The van der Waals surface area contributed by atoms with Gasteiger partial charge >= 0.3 is 6.18 Å². The minimum atomic E-state index is -4.38. The molecule has 0 unspecified atom stereocenters. The molecule has 3 nitrogen and oxygen atoms in total. The van der Waals surface area contributed by atoms with E-state index in [1.54, 1.807) is 7.11 Å². The third-order valence-corrected chi connectivity index (χ3v) is 2.36. The van der Waals surface area contributed by atoms with E-state index < -0.39 is 17.3 Å². The summed E-state index contributed by atoms with van der Waals surface area (Å²) < 4.78 is 42.4. The van der Waals surface area contributed by atoms with E-state index in [2.05, 4.69) is 5.32 Å². The molecule has 0 bridgehead atoms. The van der Waals surface area contributed by atoms with Crippen molar-refractivity contribution in [3.05, 3.63) is 23.8 Å². The molecule has 0 aromatic heterocycles. The van der Waals surface area contributed by atoms with Gasteiger partial charge in [0, 0.05) is 7.11 Å². The van der Waals surface area contributed by atoms with Crippen LogP contribution in [0.25, 0.3) is 0 Å². The van der Waals surface area contributed by atoms with Crippen molar-refractivity contribution in [2.45, 2.75) is 25.6 Å². The second-order valence-electron chi connectivity index (χ2n) is 4.74. The Morgan fingerprint density at radius 1 is 1.28 bits per heavy atom. The lowest BCUT2D eigenvalue weighted by Crippen LogP contribution is -2.36. The molecule has 0 saturated carbocycles. The first-order valence-electron chi connectivity index (χ1n) is 5.39. The van der Waals surface area contributed by atoms with Crippen molar-refractivity contribution in [3.8, 4) is 0 Å². The van der Waals surface area contributed by atoms with Gasteiger partial charge in [-0.15, -0.1) is 0 Å². The summed E-state index contributed by atoms with van der Waals surface area (Å²) >= 11 is 0. The molecule has 0 radical (unpaired) electrons. The lowest BCUT2D eigenvalue weighted by Gasteiger charge is -2.27. The van der Waals surface area contributed by atoms with Gasteiger partial charge in [-0.2, -0.15) is 13.2 Å². The Kier molecular flexibility index (Phi) is 4.11. The largest absolute Gasteiger partial charge is 0.416 e. The van der Waals surface area contributed by atoms with Crippen LogP contribution in [0.1, 0.15) is 19.4 Å². The summed E-state index contributed by atoms with van der Waals surface area (Å²) in [5.74, 6) is 0. The third-order valence-electron chi connectivity index (χ3n) is 2.36. The Hall–Kier alpha value is -1.43. The van der Waals surface area contributed by atoms with Gasteiger partial charge in [-0.3, -0.25) is 0 Å². The molecule has 1 rings (SSSR count). The highest BCUT2D eigenvalue weighted by atomic mass is 19.4. The summed E-state index contributed by atoms with van der Waals surface area (Å²) in [6.45, 7) is 4.15. The van der Waals surface area contributed by atoms with E-state index in [0.717, 1.165) is 12.1 Å². The summed E-state index contributed by atoms with van der Waals surface area (Å²) in [6.07, 6.45) is -4.38. The van der Waals surface area contributed by atoms with Gasteiger partial charge in [0.05, 0.1) is 29.1 Å². The van der Waals surface area contributed by atoms with Crippen LogP contribution in [0.5, 0.6) is 0 Å². The van der Waals surface area contributed by atoms with Gasteiger partial charge in [0.2, 0.25) is 0 Å². The monoisotopic (exact) mass is 262 g/mol. The molecule has 0 fully saturated rings. The molecule has 1 aromatic carbocycles. The zero-order valence-electron chi connectivity index (χ0n) is 10.6. The highest BCUT2D eigenvalue weighted by molar-refractivity contribution is 5.68. The Morgan fingerprint density at radius 3 is 2.33 bits per heavy atom. The van der Waals surface area contributed by atoms with Crippen LogP contribution in [0.3, 0.4) is 0 Å². The molecule has 18 heavy (non-hydrogen) atoms. The number of nitrogens with two attached hydrogens (primary N) is 1. The average molecular weight is 262 g/mol. The maximum atomic E-state index is 12.5. The molecule has 0 saturated heterocycles. The van der Waals surface area contributed by atoms with Crippen LogP contribution >= 0.6 is 0 Å². The Labute approximate surface area is 104 Å². The molecular weight excluding hydrogens is 245 g/mol. The number of methoxy groups -OCH3 is 1. The fourth-order valence-corrected chi connectivity index (χ4v) is 1.61. The van der Waals surface area contributed by atoms with Crippen molar-refractivity contribution in [2.24, 2.45) is 0 Å². The summed E-state index contributed by atoms with van der Waals surface area (Å²) in [4.78, 5) is 0. The Balaban J connectivity index is 2.93. The van der Waals surface area contributed by atoms with Crippen LogP contribution in [0.4, 0.5) is 24.5 Å². The predicted octanol–water partition coefficient (Wildman–Crippen LogP) is 3.12. The van der Waals surface area contributed by atoms with E-state index in [-0.39, 0.29) is 5.69 Å². The first kappa shape index (κ1) is 14.6. The van der Waals surface area contributed by atoms with Crippen molar-refractivity contribution in [3.63, 3.8) is 0 Å². The van der Waals surface area contributed by atoms with Gasteiger partial charge in [-0.05, 0) is 32.0 Å². The zero-order chi connectivity index (χ0) is 14.0. The number of hydrogen-bond acceptors (Lipinski definition) is 3. The smallest absolute Gasteiger partial charge is 0.397 e. The predicted molar refractivity (Wildman–Crippen MR) is 65.4 cm³/mol. The molecule has 0 atom stereocenters. The molecular formula is C12H17F3N2O. The second kappa shape index (κ2) is 5.06. The number of hydrogen-bond donors (Lipinski definition) is 2. The van der Waals surface area contributed by atoms with E-state index >= 15 is 0 Å². The van der Waals surface area contributed by atoms with Crippen LogP contribution in [0, 0.1) is 0 Å². The molecule has 102 valence electrons. The molecule has 3 N–H and O–H groups in total. The maximum absolute atomic E-state index is 12.5. The molecule has 0 aliphatic heterocycles. The summed E-state index contributed by atoms with van der Waals surface area (Å²) in [5, 5.41) is 3.05. The maximum Gasteiger partial charge on any atom is 0.416 e. The average Bonchev–Trinajstić information content (AvgIpc) is 2.19. The fraction of sp³-hybridized carbons (Fsp3) is 0.500. The van der Waals surface area contributed by atoms with Crippen LogP contribution < -0.4 is 11.1 Å². The number of alkyl halides is 3. The third kappa shape index (κ3) is 3.80. The number of benzene rings is 1. The lowest BCUT2D eigenvalue weighted by atomic mass is 10.1. The number of ether oxygens (including phenoxy) is 1. The van der Waals surface area contributed by atoms with Crippen LogP contribution in [0.15, 0.2) is 18.2 Å². The van der Waals surface area contributed by atoms with Gasteiger partial charge in [-0.1, -0.05) is 0 Å². The Morgan fingerprint density at radius 2 is 1.89 bits per heavy atom. The van der Waals surface area contributed by atoms with Gasteiger partial charge in [0.25, 0.3) is 0 Å². The number of rotatable bonds is 4. The summed E-state index contributed by atoms with van der Waals surface area (Å²) in [6, 6.07) is 3.25.